The number of nitrogens with zero attached hydrogens (tertiary/aromatic N) is 4. The summed E-state index contributed by atoms with van der Waals surface area (Å²) in [5.74, 6) is -0.867. The average molecular weight is 523 g/mol. The number of benzene rings is 2. The Morgan fingerprint density at radius 3 is 2.42 bits per heavy atom. The highest BCUT2D eigenvalue weighted by Gasteiger charge is 2.20. The van der Waals surface area contributed by atoms with Crippen molar-refractivity contribution in [3.05, 3.63) is 64.9 Å². The third-order valence-electron chi connectivity index (χ3n) is 5.29. The van der Waals surface area contributed by atoms with E-state index in [-0.39, 0.29) is 6.42 Å². The number of hydrogen-bond donors (Lipinski definition) is 2. The number of aryl methyl sites for hydroxylation is 2. The van der Waals surface area contributed by atoms with Crippen LogP contribution in [0.2, 0.25) is 5.02 Å². The van der Waals surface area contributed by atoms with Crippen molar-refractivity contribution in [2.75, 3.05) is 0 Å². The van der Waals surface area contributed by atoms with Gasteiger partial charge in [-0.2, -0.15) is 5.10 Å². The van der Waals surface area contributed by atoms with E-state index in [0.717, 1.165) is 54.1 Å². The number of fused-ring (bicyclic) bond motifs is 2. The van der Waals surface area contributed by atoms with Crippen LogP contribution in [-0.2, 0) is 18.3 Å². The molecule has 0 aliphatic heterocycles. The molecule has 0 saturated carbocycles. The molecule has 0 amide bonds. The number of halogens is 1. The van der Waals surface area contributed by atoms with Gasteiger partial charge in [-0.15, -0.1) is 11.3 Å². The van der Waals surface area contributed by atoms with Crippen molar-refractivity contribution in [3.8, 4) is 21.7 Å². The molecule has 3 heterocycles. The second-order valence-electron chi connectivity index (χ2n) is 9.57. The molecular formula is C27H27ClN4O3S. The number of hydrogen-bond acceptors (Lipinski definition) is 6. The number of aliphatic carboxylic acids is 1. The number of aliphatic hydroxyl groups is 1. The van der Waals surface area contributed by atoms with Crippen LogP contribution >= 0.6 is 22.9 Å². The van der Waals surface area contributed by atoms with Crippen molar-refractivity contribution >= 4 is 50.2 Å². The van der Waals surface area contributed by atoms with Gasteiger partial charge in [0.05, 0.1) is 28.4 Å². The van der Waals surface area contributed by atoms with Crippen LogP contribution in [0.3, 0.4) is 0 Å². The lowest BCUT2D eigenvalue weighted by Crippen LogP contribution is -2.10. The molecule has 3 aromatic heterocycles. The topological polar surface area (TPSA) is 101 Å². The second-order valence-corrected chi connectivity index (χ2v) is 11.0. The molecule has 0 aliphatic rings. The van der Waals surface area contributed by atoms with Crippen molar-refractivity contribution in [3.63, 3.8) is 0 Å². The van der Waals surface area contributed by atoms with Crippen LogP contribution < -0.4 is 0 Å². The summed E-state index contributed by atoms with van der Waals surface area (Å²) in [4.78, 5) is 21.0. The van der Waals surface area contributed by atoms with Crippen LogP contribution in [0.1, 0.15) is 31.9 Å². The molecule has 0 radical (unpaired) electrons. The Kier molecular flexibility index (Phi) is 7.13. The van der Waals surface area contributed by atoms with E-state index in [1.165, 1.54) is 11.3 Å². The Balaban J connectivity index is 0.000000556. The summed E-state index contributed by atoms with van der Waals surface area (Å²) >= 11 is 7.63. The molecule has 5 rings (SSSR count). The summed E-state index contributed by atoms with van der Waals surface area (Å²) in [6.07, 6.45) is 3.53. The molecule has 9 heteroatoms. The summed E-state index contributed by atoms with van der Waals surface area (Å²) in [6, 6.07) is 11.5. The molecule has 0 aliphatic carbocycles. The summed E-state index contributed by atoms with van der Waals surface area (Å²) in [5.41, 5.74) is 5.56. The van der Waals surface area contributed by atoms with Crippen LogP contribution in [0.4, 0.5) is 0 Å². The molecule has 0 saturated heterocycles. The fraction of sp³-hybridized carbons (Fsp3) is 0.259. The Morgan fingerprint density at radius 2 is 1.78 bits per heavy atom. The van der Waals surface area contributed by atoms with Crippen molar-refractivity contribution in [1.82, 2.24) is 19.7 Å². The van der Waals surface area contributed by atoms with Crippen LogP contribution in [0.25, 0.3) is 42.9 Å². The van der Waals surface area contributed by atoms with Gasteiger partial charge in [-0.05, 0) is 68.7 Å². The lowest BCUT2D eigenvalue weighted by molar-refractivity contribution is -0.136. The van der Waals surface area contributed by atoms with Crippen molar-refractivity contribution < 1.29 is 15.0 Å². The number of pyridine rings is 1. The van der Waals surface area contributed by atoms with Gasteiger partial charge in [0, 0.05) is 34.8 Å². The van der Waals surface area contributed by atoms with Gasteiger partial charge in [0.1, 0.15) is 5.01 Å². The molecule has 186 valence electrons. The highest BCUT2D eigenvalue weighted by atomic mass is 35.5. The molecule has 2 aromatic carbocycles. The maximum absolute atomic E-state index is 11.6. The summed E-state index contributed by atoms with van der Waals surface area (Å²) in [6.45, 7) is 7.16. The van der Waals surface area contributed by atoms with Crippen molar-refractivity contribution in [2.24, 2.45) is 7.05 Å². The minimum Gasteiger partial charge on any atom is -0.481 e. The summed E-state index contributed by atoms with van der Waals surface area (Å²) in [7, 11) is 1.86. The van der Waals surface area contributed by atoms with Gasteiger partial charge in [0.25, 0.3) is 0 Å². The van der Waals surface area contributed by atoms with Crippen LogP contribution in [0.5, 0.6) is 0 Å². The van der Waals surface area contributed by atoms with Gasteiger partial charge in [-0.3, -0.25) is 9.48 Å². The predicted molar refractivity (Wildman–Crippen MR) is 146 cm³/mol. The van der Waals surface area contributed by atoms with E-state index in [1.807, 2.05) is 50.4 Å². The molecular weight excluding hydrogens is 496 g/mol. The zero-order chi connectivity index (χ0) is 26.2. The van der Waals surface area contributed by atoms with E-state index >= 15 is 0 Å². The SMILES string of the molecule is CC(C)(C)O.Cc1cc2nc(-c3cnc4c(cnn4C)c3)sc2c(-c2ccc(Cl)cc2)c1CC(=O)O. The van der Waals surface area contributed by atoms with Crippen molar-refractivity contribution in [2.45, 2.75) is 39.7 Å². The summed E-state index contributed by atoms with van der Waals surface area (Å²) in [5, 5.41) is 24.7. The van der Waals surface area contributed by atoms with Crippen molar-refractivity contribution in [1.29, 1.82) is 0 Å². The van der Waals surface area contributed by atoms with Gasteiger partial charge in [0.2, 0.25) is 0 Å². The highest BCUT2D eigenvalue weighted by Crippen LogP contribution is 2.41. The second kappa shape index (κ2) is 9.97. The Labute approximate surface area is 218 Å². The third-order valence-corrected chi connectivity index (χ3v) is 6.68. The number of rotatable bonds is 4. The lowest BCUT2D eigenvalue weighted by Gasteiger charge is -2.13. The molecule has 5 aromatic rings. The Bertz CT molecular complexity index is 1560. The van der Waals surface area contributed by atoms with E-state index in [2.05, 4.69) is 10.1 Å². The number of carbonyl (C=O) groups is 1. The molecule has 0 atom stereocenters. The normalized spacial score (nSPS) is 11.5. The van der Waals surface area contributed by atoms with E-state index in [9.17, 15) is 9.90 Å². The molecule has 36 heavy (non-hydrogen) atoms. The molecule has 0 fully saturated rings. The smallest absolute Gasteiger partial charge is 0.307 e. The average Bonchev–Trinajstić information content (AvgIpc) is 3.37. The summed E-state index contributed by atoms with van der Waals surface area (Å²) < 4.78 is 2.68. The first-order chi connectivity index (χ1) is 16.9. The Morgan fingerprint density at radius 1 is 1.11 bits per heavy atom. The molecule has 2 N–H and O–H groups in total. The number of aromatic nitrogens is 4. The third kappa shape index (κ3) is 5.73. The Hall–Kier alpha value is -3.33. The monoisotopic (exact) mass is 522 g/mol. The predicted octanol–water partition coefficient (Wildman–Crippen LogP) is 6.28. The van der Waals surface area contributed by atoms with Crippen LogP contribution in [-0.4, -0.2) is 41.5 Å². The molecule has 7 nitrogen and oxygen atoms in total. The molecule has 0 unspecified atom stereocenters. The first-order valence-corrected chi connectivity index (χ1v) is 12.5. The van der Waals surface area contributed by atoms with E-state index in [0.29, 0.717) is 5.02 Å². The maximum atomic E-state index is 11.6. The number of carboxylic acid groups (broad SMARTS) is 1. The first kappa shape index (κ1) is 25.8. The maximum Gasteiger partial charge on any atom is 0.307 e. The minimum absolute atomic E-state index is 0.0594. The number of thiazole rings is 1. The van der Waals surface area contributed by atoms with Gasteiger partial charge >= 0.3 is 5.97 Å². The number of carboxylic acids is 1. The zero-order valence-corrected chi connectivity index (χ0v) is 22.3. The fourth-order valence-corrected chi connectivity index (χ4v) is 5.07. The van der Waals surface area contributed by atoms with Gasteiger partial charge in [-0.25, -0.2) is 9.97 Å². The van der Waals surface area contributed by atoms with E-state index in [4.69, 9.17) is 21.7 Å². The fourth-order valence-electron chi connectivity index (χ4n) is 3.82. The molecule has 0 spiro atoms. The lowest BCUT2D eigenvalue weighted by atomic mass is 9.93. The standard InChI is InChI=1S/C23H17ClN4O2S.C4H10O/c1-12-7-18-21(20(17(12)9-19(29)30)13-3-5-16(24)6-4-13)31-23(27-18)15-8-14-11-26-28(2)22(14)25-10-15;1-4(2,3)5/h3-8,10-11H,9H2,1-2H3,(H,29,30);5H,1-3H3. The van der Waals surface area contributed by atoms with E-state index < -0.39 is 11.6 Å². The van der Waals surface area contributed by atoms with Crippen LogP contribution in [0, 0.1) is 6.92 Å². The van der Waals surface area contributed by atoms with E-state index in [1.54, 1.807) is 37.8 Å². The molecule has 0 bridgehead atoms. The van der Waals surface area contributed by atoms with Gasteiger partial charge in [-0.1, -0.05) is 23.7 Å². The quantitative estimate of drug-likeness (QED) is 0.288. The first-order valence-electron chi connectivity index (χ1n) is 11.3. The van der Waals surface area contributed by atoms with Gasteiger partial charge in [0.15, 0.2) is 5.65 Å². The van der Waals surface area contributed by atoms with Gasteiger partial charge < -0.3 is 10.2 Å². The zero-order valence-electron chi connectivity index (χ0n) is 20.7. The van der Waals surface area contributed by atoms with Crippen LogP contribution in [0.15, 0.2) is 48.8 Å². The highest BCUT2D eigenvalue weighted by molar-refractivity contribution is 7.22. The minimum atomic E-state index is -0.867. The largest absolute Gasteiger partial charge is 0.481 e.